The van der Waals surface area contributed by atoms with E-state index in [1.54, 1.807) is 26.4 Å². The van der Waals surface area contributed by atoms with Crippen LogP contribution in [0.2, 0.25) is 5.02 Å². The van der Waals surface area contributed by atoms with Crippen LogP contribution in [0.1, 0.15) is 16.1 Å². The van der Waals surface area contributed by atoms with Gasteiger partial charge in [0, 0.05) is 28.5 Å². The number of carbonyl (C=O) groups is 1. The Kier molecular flexibility index (Phi) is 5.14. The third-order valence-corrected chi connectivity index (χ3v) is 4.24. The summed E-state index contributed by atoms with van der Waals surface area (Å²) in [6.07, 6.45) is 0.658. The predicted octanol–water partition coefficient (Wildman–Crippen LogP) is 3.81. The second-order valence-electron chi connectivity index (χ2n) is 5.60. The SMILES string of the molecule is COc1ccc(CCNC(=O)c2cc3ccc(Cl)cc3[nH]2)c(OC)c1. The number of aromatic amines is 1. The molecule has 0 aliphatic heterocycles. The van der Waals surface area contributed by atoms with Crippen molar-refractivity contribution in [1.29, 1.82) is 0 Å². The van der Waals surface area contributed by atoms with E-state index in [4.69, 9.17) is 21.1 Å². The molecule has 1 heterocycles. The number of rotatable bonds is 6. The van der Waals surface area contributed by atoms with E-state index in [0.717, 1.165) is 28.0 Å². The first kappa shape index (κ1) is 17.2. The first-order valence-corrected chi connectivity index (χ1v) is 8.26. The second kappa shape index (κ2) is 7.49. The summed E-state index contributed by atoms with van der Waals surface area (Å²) in [6.45, 7) is 0.498. The van der Waals surface area contributed by atoms with Gasteiger partial charge in [0.15, 0.2) is 0 Å². The number of nitrogens with one attached hydrogen (secondary N) is 2. The minimum absolute atomic E-state index is 0.153. The molecule has 3 aromatic rings. The van der Waals surface area contributed by atoms with E-state index < -0.39 is 0 Å². The minimum Gasteiger partial charge on any atom is -0.497 e. The average Bonchev–Trinajstić information content (AvgIpc) is 3.05. The van der Waals surface area contributed by atoms with Crippen LogP contribution in [0.5, 0.6) is 11.5 Å². The first-order chi connectivity index (χ1) is 12.1. The summed E-state index contributed by atoms with van der Waals surface area (Å²) in [5, 5.41) is 4.50. The van der Waals surface area contributed by atoms with Crippen LogP contribution >= 0.6 is 11.6 Å². The maximum absolute atomic E-state index is 12.3. The molecule has 0 radical (unpaired) electrons. The second-order valence-corrected chi connectivity index (χ2v) is 6.03. The van der Waals surface area contributed by atoms with Crippen LogP contribution in [0.3, 0.4) is 0 Å². The number of aromatic nitrogens is 1. The quantitative estimate of drug-likeness (QED) is 0.704. The lowest BCUT2D eigenvalue weighted by molar-refractivity contribution is 0.0950. The number of benzene rings is 2. The van der Waals surface area contributed by atoms with Gasteiger partial charge in [-0.25, -0.2) is 0 Å². The van der Waals surface area contributed by atoms with E-state index in [1.165, 1.54) is 0 Å². The lowest BCUT2D eigenvalue weighted by Crippen LogP contribution is -2.26. The molecule has 0 saturated carbocycles. The van der Waals surface area contributed by atoms with E-state index in [0.29, 0.717) is 23.7 Å². The average molecular weight is 359 g/mol. The fraction of sp³-hybridized carbons (Fsp3) is 0.211. The highest BCUT2D eigenvalue weighted by Gasteiger charge is 2.10. The van der Waals surface area contributed by atoms with Crippen LogP contribution in [-0.4, -0.2) is 31.7 Å². The van der Waals surface area contributed by atoms with Crippen molar-refractivity contribution in [2.45, 2.75) is 6.42 Å². The van der Waals surface area contributed by atoms with Crippen LogP contribution in [0.25, 0.3) is 10.9 Å². The molecule has 2 N–H and O–H groups in total. The van der Waals surface area contributed by atoms with Crippen molar-refractivity contribution >= 4 is 28.4 Å². The number of methoxy groups -OCH3 is 2. The topological polar surface area (TPSA) is 63.3 Å². The largest absolute Gasteiger partial charge is 0.497 e. The van der Waals surface area contributed by atoms with Crippen LogP contribution in [-0.2, 0) is 6.42 Å². The minimum atomic E-state index is -0.153. The third kappa shape index (κ3) is 3.88. The van der Waals surface area contributed by atoms with E-state index in [-0.39, 0.29) is 5.91 Å². The zero-order chi connectivity index (χ0) is 17.8. The Hall–Kier alpha value is -2.66. The Morgan fingerprint density at radius 2 is 1.96 bits per heavy atom. The van der Waals surface area contributed by atoms with Gasteiger partial charge >= 0.3 is 0 Å². The molecule has 1 aromatic heterocycles. The Labute approximate surface area is 150 Å². The Balaban J connectivity index is 1.64. The van der Waals surface area contributed by atoms with Gasteiger partial charge in [-0.3, -0.25) is 4.79 Å². The molecule has 5 nitrogen and oxygen atoms in total. The summed E-state index contributed by atoms with van der Waals surface area (Å²) >= 11 is 5.97. The predicted molar refractivity (Wildman–Crippen MR) is 98.9 cm³/mol. The zero-order valence-corrected chi connectivity index (χ0v) is 14.8. The van der Waals surface area contributed by atoms with Gasteiger partial charge in [0.1, 0.15) is 17.2 Å². The summed E-state index contributed by atoms with van der Waals surface area (Å²) in [5.41, 5.74) is 2.36. The number of carbonyl (C=O) groups excluding carboxylic acids is 1. The fourth-order valence-electron chi connectivity index (χ4n) is 2.69. The van der Waals surface area contributed by atoms with Gasteiger partial charge in [-0.15, -0.1) is 0 Å². The van der Waals surface area contributed by atoms with Gasteiger partial charge in [0.05, 0.1) is 14.2 Å². The fourth-order valence-corrected chi connectivity index (χ4v) is 2.86. The monoisotopic (exact) mass is 358 g/mol. The number of hydrogen-bond acceptors (Lipinski definition) is 3. The van der Waals surface area contributed by atoms with Gasteiger partial charge in [0.2, 0.25) is 0 Å². The number of halogens is 1. The smallest absolute Gasteiger partial charge is 0.267 e. The zero-order valence-electron chi connectivity index (χ0n) is 14.1. The molecule has 25 heavy (non-hydrogen) atoms. The van der Waals surface area contributed by atoms with Crippen molar-refractivity contribution in [2.24, 2.45) is 0 Å². The summed E-state index contributed by atoms with van der Waals surface area (Å²) < 4.78 is 10.6. The van der Waals surface area contributed by atoms with Crippen molar-refractivity contribution in [3.05, 3.63) is 58.7 Å². The van der Waals surface area contributed by atoms with Gasteiger partial charge in [-0.05, 0) is 36.2 Å². The highest BCUT2D eigenvalue weighted by atomic mass is 35.5. The van der Waals surface area contributed by atoms with E-state index in [2.05, 4.69) is 10.3 Å². The lowest BCUT2D eigenvalue weighted by Gasteiger charge is -2.10. The summed E-state index contributed by atoms with van der Waals surface area (Å²) in [6, 6.07) is 12.9. The Bertz CT molecular complexity index is 905. The molecule has 3 rings (SSSR count). The Morgan fingerprint density at radius 3 is 2.72 bits per heavy atom. The van der Waals surface area contributed by atoms with E-state index in [9.17, 15) is 4.79 Å². The highest BCUT2D eigenvalue weighted by Crippen LogP contribution is 2.25. The molecular formula is C19H19ClN2O3. The number of amides is 1. The van der Waals surface area contributed by atoms with Crippen LogP contribution in [0.4, 0.5) is 0 Å². The molecule has 1 amide bonds. The van der Waals surface area contributed by atoms with E-state index in [1.807, 2.05) is 30.3 Å². The summed E-state index contributed by atoms with van der Waals surface area (Å²) in [4.78, 5) is 15.4. The van der Waals surface area contributed by atoms with Crippen molar-refractivity contribution in [3.8, 4) is 11.5 Å². The summed E-state index contributed by atoms with van der Waals surface area (Å²) in [5.74, 6) is 1.33. The first-order valence-electron chi connectivity index (χ1n) is 7.88. The van der Waals surface area contributed by atoms with Crippen molar-refractivity contribution in [1.82, 2.24) is 10.3 Å². The molecule has 0 atom stereocenters. The Morgan fingerprint density at radius 1 is 1.12 bits per heavy atom. The number of fused-ring (bicyclic) bond motifs is 1. The molecule has 0 saturated heterocycles. The standard InChI is InChI=1S/C19H19ClN2O3/c1-24-15-6-4-12(18(11-15)25-2)7-8-21-19(23)17-9-13-3-5-14(20)10-16(13)22-17/h3-6,9-11,22H,7-8H2,1-2H3,(H,21,23). The number of hydrogen-bond donors (Lipinski definition) is 2. The number of H-pyrrole nitrogens is 1. The molecule has 0 aliphatic rings. The molecule has 0 fully saturated rings. The molecular weight excluding hydrogens is 340 g/mol. The molecule has 0 unspecified atom stereocenters. The lowest BCUT2D eigenvalue weighted by atomic mass is 10.1. The van der Waals surface area contributed by atoms with Crippen molar-refractivity contribution in [2.75, 3.05) is 20.8 Å². The molecule has 0 aliphatic carbocycles. The maximum atomic E-state index is 12.3. The van der Waals surface area contributed by atoms with Crippen LogP contribution < -0.4 is 14.8 Å². The van der Waals surface area contributed by atoms with Gasteiger partial charge < -0.3 is 19.8 Å². The molecule has 0 spiro atoms. The molecule has 0 bridgehead atoms. The molecule has 2 aromatic carbocycles. The van der Waals surface area contributed by atoms with Crippen LogP contribution in [0, 0.1) is 0 Å². The van der Waals surface area contributed by atoms with Gasteiger partial charge in [-0.1, -0.05) is 23.7 Å². The third-order valence-electron chi connectivity index (χ3n) is 4.00. The van der Waals surface area contributed by atoms with Gasteiger partial charge in [0.25, 0.3) is 5.91 Å². The van der Waals surface area contributed by atoms with E-state index >= 15 is 0 Å². The number of ether oxygens (including phenoxy) is 2. The van der Waals surface area contributed by atoms with Crippen LogP contribution in [0.15, 0.2) is 42.5 Å². The highest BCUT2D eigenvalue weighted by molar-refractivity contribution is 6.31. The van der Waals surface area contributed by atoms with Crippen molar-refractivity contribution < 1.29 is 14.3 Å². The van der Waals surface area contributed by atoms with Gasteiger partial charge in [-0.2, -0.15) is 0 Å². The molecule has 130 valence electrons. The molecule has 6 heteroatoms. The summed E-state index contributed by atoms with van der Waals surface area (Å²) in [7, 11) is 3.23. The van der Waals surface area contributed by atoms with Crippen molar-refractivity contribution in [3.63, 3.8) is 0 Å². The normalized spacial score (nSPS) is 10.7. The maximum Gasteiger partial charge on any atom is 0.267 e.